The Bertz CT molecular complexity index is 446. The molecule has 2 rings (SSSR count). The lowest BCUT2D eigenvalue weighted by Gasteiger charge is -2.36. The fourth-order valence-corrected chi connectivity index (χ4v) is 3.00. The number of nitrogens with zero attached hydrogens (tertiary/aromatic N) is 1. The van der Waals surface area contributed by atoms with Crippen LogP contribution in [0.5, 0.6) is 0 Å². The van der Waals surface area contributed by atoms with Gasteiger partial charge in [-0.05, 0) is 56.3 Å². The molecule has 1 aromatic carbocycles. The van der Waals surface area contributed by atoms with Crippen LogP contribution in [-0.2, 0) is 11.2 Å². The van der Waals surface area contributed by atoms with Crippen LogP contribution in [0.1, 0.15) is 31.7 Å². The Morgan fingerprint density at radius 1 is 1.45 bits per heavy atom. The molecule has 0 radical (unpaired) electrons. The average Bonchev–Trinajstić information content (AvgIpc) is 2.41. The highest BCUT2D eigenvalue weighted by Crippen LogP contribution is 2.22. The van der Waals surface area contributed by atoms with E-state index in [-0.39, 0.29) is 18.2 Å². The van der Waals surface area contributed by atoms with Gasteiger partial charge in [0.2, 0.25) is 0 Å². The molecule has 0 spiro atoms. The second kappa shape index (κ2) is 6.84. The van der Waals surface area contributed by atoms with Crippen LogP contribution < -0.4 is 0 Å². The van der Waals surface area contributed by atoms with E-state index >= 15 is 0 Å². The first-order valence-corrected chi connectivity index (χ1v) is 7.25. The van der Waals surface area contributed by atoms with E-state index in [0.29, 0.717) is 6.04 Å². The van der Waals surface area contributed by atoms with Crippen molar-refractivity contribution in [1.82, 2.24) is 4.90 Å². The van der Waals surface area contributed by atoms with Crippen LogP contribution in [0.25, 0.3) is 0 Å². The van der Waals surface area contributed by atoms with Crippen molar-refractivity contribution in [2.45, 2.75) is 38.6 Å². The Morgan fingerprint density at radius 3 is 2.80 bits per heavy atom. The summed E-state index contributed by atoms with van der Waals surface area (Å²) in [6.07, 6.45) is 3.21. The molecule has 110 valence electrons. The Kier molecular flexibility index (Phi) is 5.12. The van der Waals surface area contributed by atoms with Gasteiger partial charge in [-0.2, -0.15) is 0 Å². The first kappa shape index (κ1) is 15.0. The van der Waals surface area contributed by atoms with Gasteiger partial charge in [0.15, 0.2) is 0 Å². The van der Waals surface area contributed by atoms with Crippen LogP contribution in [0.15, 0.2) is 24.3 Å². The van der Waals surface area contributed by atoms with Gasteiger partial charge in [-0.1, -0.05) is 12.1 Å². The van der Waals surface area contributed by atoms with Gasteiger partial charge in [0.05, 0.1) is 0 Å². The van der Waals surface area contributed by atoms with E-state index in [4.69, 9.17) is 5.11 Å². The quantitative estimate of drug-likeness (QED) is 0.901. The predicted octanol–water partition coefficient (Wildman–Crippen LogP) is 2.94. The van der Waals surface area contributed by atoms with Crippen molar-refractivity contribution in [2.24, 2.45) is 5.92 Å². The second-order valence-electron chi connectivity index (χ2n) is 5.78. The third-order valence-corrected chi connectivity index (χ3v) is 4.08. The Labute approximate surface area is 119 Å². The molecular formula is C16H22FNO2. The Hall–Kier alpha value is -1.42. The van der Waals surface area contributed by atoms with Crippen LogP contribution in [0.4, 0.5) is 4.39 Å². The van der Waals surface area contributed by atoms with E-state index in [1.54, 1.807) is 0 Å². The summed E-state index contributed by atoms with van der Waals surface area (Å²) in [5.74, 6) is -0.652. The number of hydrogen-bond donors (Lipinski definition) is 1. The molecule has 2 unspecified atom stereocenters. The number of rotatable bonds is 5. The smallest absolute Gasteiger partial charge is 0.303 e. The van der Waals surface area contributed by atoms with Crippen molar-refractivity contribution in [1.29, 1.82) is 0 Å². The van der Waals surface area contributed by atoms with Crippen molar-refractivity contribution in [3.63, 3.8) is 0 Å². The number of halogens is 1. The minimum absolute atomic E-state index is 0.208. The molecule has 1 aliphatic heterocycles. The van der Waals surface area contributed by atoms with E-state index in [0.717, 1.165) is 37.9 Å². The summed E-state index contributed by atoms with van der Waals surface area (Å²) in [4.78, 5) is 13.2. The molecule has 0 amide bonds. The molecule has 0 saturated carbocycles. The molecule has 3 nitrogen and oxygen atoms in total. The molecule has 1 N–H and O–H groups in total. The molecule has 0 bridgehead atoms. The zero-order chi connectivity index (χ0) is 14.5. The summed E-state index contributed by atoms with van der Waals surface area (Å²) in [7, 11) is 0. The van der Waals surface area contributed by atoms with Gasteiger partial charge in [-0.15, -0.1) is 0 Å². The first-order chi connectivity index (χ1) is 9.54. The molecular weight excluding hydrogens is 257 g/mol. The highest BCUT2D eigenvalue weighted by atomic mass is 19.1. The molecule has 0 aromatic heterocycles. The molecule has 1 fully saturated rings. The maximum Gasteiger partial charge on any atom is 0.303 e. The Balaban J connectivity index is 1.89. The van der Waals surface area contributed by atoms with Crippen LogP contribution >= 0.6 is 0 Å². The number of carboxylic acids is 1. The number of benzene rings is 1. The number of aliphatic carboxylic acids is 1. The summed E-state index contributed by atoms with van der Waals surface area (Å²) < 4.78 is 12.9. The molecule has 1 saturated heterocycles. The lowest BCUT2D eigenvalue weighted by atomic mass is 9.93. The zero-order valence-electron chi connectivity index (χ0n) is 11.9. The number of piperidine rings is 1. The second-order valence-corrected chi connectivity index (χ2v) is 5.78. The van der Waals surface area contributed by atoms with Gasteiger partial charge >= 0.3 is 5.97 Å². The summed E-state index contributed by atoms with van der Waals surface area (Å²) in [5, 5.41) is 8.90. The van der Waals surface area contributed by atoms with Gasteiger partial charge in [0, 0.05) is 19.0 Å². The standard InChI is InChI=1S/C16H22FNO2/c1-12(9-13-4-6-15(17)7-5-13)18-8-2-3-14(11-18)10-16(19)20/h4-7,12,14H,2-3,8-11H2,1H3,(H,19,20). The molecule has 20 heavy (non-hydrogen) atoms. The summed E-state index contributed by atoms with van der Waals surface area (Å²) in [6.45, 7) is 4.04. The molecule has 1 aliphatic rings. The third kappa shape index (κ3) is 4.30. The molecule has 2 atom stereocenters. The van der Waals surface area contributed by atoms with Crippen LogP contribution in [0.2, 0.25) is 0 Å². The van der Waals surface area contributed by atoms with Gasteiger partial charge in [0.25, 0.3) is 0 Å². The number of carboxylic acid groups (broad SMARTS) is 1. The summed E-state index contributed by atoms with van der Waals surface area (Å²) in [5.41, 5.74) is 1.12. The highest BCUT2D eigenvalue weighted by molar-refractivity contribution is 5.67. The molecule has 0 aliphatic carbocycles. The van der Waals surface area contributed by atoms with Crippen LogP contribution in [0, 0.1) is 11.7 Å². The lowest BCUT2D eigenvalue weighted by molar-refractivity contribution is -0.138. The van der Waals surface area contributed by atoms with Crippen molar-refractivity contribution in [2.75, 3.05) is 13.1 Å². The van der Waals surface area contributed by atoms with Gasteiger partial charge < -0.3 is 10.0 Å². The highest BCUT2D eigenvalue weighted by Gasteiger charge is 2.25. The number of hydrogen-bond acceptors (Lipinski definition) is 2. The minimum atomic E-state index is -0.706. The van der Waals surface area contributed by atoms with Gasteiger partial charge in [-0.3, -0.25) is 4.79 Å². The number of carbonyl (C=O) groups is 1. The third-order valence-electron chi connectivity index (χ3n) is 4.08. The largest absolute Gasteiger partial charge is 0.481 e. The fraction of sp³-hybridized carbons (Fsp3) is 0.562. The van der Waals surface area contributed by atoms with E-state index in [9.17, 15) is 9.18 Å². The normalized spacial score (nSPS) is 21.6. The monoisotopic (exact) mass is 279 g/mol. The summed E-state index contributed by atoms with van der Waals surface area (Å²) >= 11 is 0. The zero-order valence-corrected chi connectivity index (χ0v) is 11.9. The topological polar surface area (TPSA) is 40.5 Å². The van der Waals surface area contributed by atoms with E-state index < -0.39 is 5.97 Å². The van der Waals surface area contributed by atoms with Crippen molar-refractivity contribution >= 4 is 5.97 Å². The van der Waals surface area contributed by atoms with E-state index in [2.05, 4.69) is 11.8 Å². The summed E-state index contributed by atoms with van der Waals surface area (Å²) in [6, 6.07) is 6.99. The molecule has 4 heteroatoms. The van der Waals surface area contributed by atoms with Gasteiger partial charge in [-0.25, -0.2) is 4.39 Å². The van der Waals surface area contributed by atoms with Crippen LogP contribution in [0.3, 0.4) is 0 Å². The first-order valence-electron chi connectivity index (χ1n) is 7.25. The lowest BCUT2D eigenvalue weighted by Crippen LogP contribution is -2.42. The van der Waals surface area contributed by atoms with E-state index in [1.807, 2.05) is 12.1 Å². The van der Waals surface area contributed by atoms with Crippen molar-refractivity contribution < 1.29 is 14.3 Å². The van der Waals surface area contributed by atoms with Crippen LogP contribution in [-0.4, -0.2) is 35.1 Å². The Morgan fingerprint density at radius 2 is 2.15 bits per heavy atom. The predicted molar refractivity (Wildman–Crippen MR) is 76.1 cm³/mol. The fourth-order valence-electron chi connectivity index (χ4n) is 3.00. The van der Waals surface area contributed by atoms with E-state index in [1.165, 1.54) is 12.1 Å². The molecule has 1 aromatic rings. The average molecular weight is 279 g/mol. The van der Waals surface area contributed by atoms with Crippen molar-refractivity contribution in [3.8, 4) is 0 Å². The van der Waals surface area contributed by atoms with Gasteiger partial charge in [0.1, 0.15) is 5.82 Å². The maximum absolute atomic E-state index is 12.9. The maximum atomic E-state index is 12.9. The molecule has 1 heterocycles. The number of likely N-dealkylation sites (tertiary alicyclic amines) is 1. The SMILES string of the molecule is CC(Cc1ccc(F)cc1)N1CCCC(CC(=O)O)C1. The minimum Gasteiger partial charge on any atom is -0.481 e. The van der Waals surface area contributed by atoms with Crippen molar-refractivity contribution in [3.05, 3.63) is 35.6 Å².